The summed E-state index contributed by atoms with van der Waals surface area (Å²) in [6, 6.07) is 14.2. The number of H-pyrrole nitrogens is 1. The lowest BCUT2D eigenvalue weighted by atomic mass is 10.1. The van der Waals surface area contributed by atoms with E-state index in [1.165, 1.54) is 26.9 Å². The predicted octanol–water partition coefficient (Wildman–Crippen LogP) is 3.28. The van der Waals surface area contributed by atoms with Crippen molar-refractivity contribution in [2.24, 2.45) is 0 Å². The minimum atomic E-state index is -0.0486. The van der Waals surface area contributed by atoms with Crippen molar-refractivity contribution in [3.63, 3.8) is 0 Å². The first-order chi connectivity index (χ1) is 13.1. The molecule has 0 aliphatic carbocycles. The molecule has 0 unspecified atom stereocenters. The highest BCUT2D eigenvalue weighted by Crippen LogP contribution is 2.22. The number of benzene rings is 2. The Hall–Kier alpha value is -2.79. The number of ether oxygens (including phenoxy) is 1. The Labute approximate surface area is 160 Å². The van der Waals surface area contributed by atoms with Crippen LogP contribution in [-0.4, -0.2) is 43.0 Å². The van der Waals surface area contributed by atoms with Crippen LogP contribution in [0.4, 0.5) is 0 Å². The van der Waals surface area contributed by atoms with Gasteiger partial charge in [0.15, 0.2) is 6.61 Å². The van der Waals surface area contributed by atoms with E-state index in [-0.39, 0.29) is 12.5 Å². The summed E-state index contributed by atoms with van der Waals surface area (Å²) in [6.45, 7) is 3.77. The Morgan fingerprint density at radius 1 is 1.11 bits per heavy atom. The first kappa shape index (κ1) is 19.0. The van der Waals surface area contributed by atoms with Crippen LogP contribution in [0.3, 0.4) is 0 Å². The van der Waals surface area contributed by atoms with Crippen molar-refractivity contribution in [1.82, 2.24) is 15.2 Å². The molecule has 0 saturated carbocycles. The molecule has 3 rings (SSSR count). The molecule has 2 aromatic carbocycles. The highest BCUT2D eigenvalue weighted by Gasteiger charge is 2.09. The van der Waals surface area contributed by atoms with Crippen LogP contribution < -0.4 is 10.1 Å². The van der Waals surface area contributed by atoms with Crippen LogP contribution >= 0.6 is 0 Å². The standard InChI is InChI=1S/C22H27N3O2/c1-16-7-6-9-19-22(16)18(14-24-19)11-12-23-13-17-8-4-5-10-20(17)27-15-21(26)25(2)3/h4-10,14,23-24H,11-13,15H2,1-3H3. The maximum atomic E-state index is 11.7. The predicted molar refractivity (Wildman–Crippen MR) is 109 cm³/mol. The highest BCUT2D eigenvalue weighted by molar-refractivity contribution is 5.86. The molecule has 3 aromatic rings. The quantitative estimate of drug-likeness (QED) is 0.603. The summed E-state index contributed by atoms with van der Waals surface area (Å²) in [5.74, 6) is 0.704. The zero-order chi connectivity index (χ0) is 19.2. The van der Waals surface area contributed by atoms with Crippen molar-refractivity contribution < 1.29 is 9.53 Å². The van der Waals surface area contributed by atoms with Gasteiger partial charge in [0, 0.05) is 43.3 Å². The number of aromatic amines is 1. The van der Waals surface area contributed by atoms with Gasteiger partial charge in [0.25, 0.3) is 5.91 Å². The van der Waals surface area contributed by atoms with E-state index in [9.17, 15) is 4.79 Å². The van der Waals surface area contributed by atoms with Gasteiger partial charge in [-0.25, -0.2) is 0 Å². The molecule has 0 aliphatic rings. The fourth-order valence-corrected chi connectivity index (χ4v) is 3.15. The van der Waals surface area contributed by atoms with Gasteiger partial charge in [-0.2, -0.15) is 0 Å². The van der Waals surface area contributed by atoms with Crippen LogP contribution in [0.5, 0.6) is 5.75 Å². The van der Waals surface area contributed by atoms with Crippen molar-refractivity contribution in [1.29, 1.82) is 0 Å². The minimum Gasteiger partial charge on any atom is -0.483 e. The van der Waals surface area contributed by atoms with Gasteiger partial charge < -0.3 is 19.9 Å². The third kappa shape index (κ3) is 4.68. The number of para-hydroxylation sites is 1. The van der Waals surface area contributed by atoms with Crippen molar-refractivity contribution in [2.75, 3.05) is 27.2 Å². The van der Waals surface area contributed by atoms with Gasteiger partial charge in [0.2, 0.25) is 0 Å². The van der Waals surface area contributed by atoms with E-state index in [4.69, 9.17) is 4.74 Å². The van der Waals surface area contributed by atoms with Crippen molar-refractivity contribution in [2.45, 2.75) is 19.9 Å². The topological polar surface area (TPSA) is 57.4 Å². The van der Waals surface area contributed by atoms with Gasteiger partial charge in [-0.1, -0.05) is 30.3 Å². The van der Waals surface area contributed by atoms with E-state index in [0.29, 0.717) is 6.54 Å². The molecule has 0 bridgehead atoms. The Kier molecular flexibility index (Phi) is 6.14. The van der Waals surface area contributed by atoms with E-state index in [1.54, 1.807) is 14.1 Å². The molecule has 5 heteroatoms. The molecule has 2 N–H and O–H groups in total. The molecule has 1 aromatic heterocycles. The Morgan fingerprint density at radius 3 is 2.74 bits per heavy atom. The molecule has 0 saturated heterocycles. The van der Waals surface area contributed by atoms with Crippen LogP contribution in [-0.2, 0) is 17.8 Å². The number of aromatic nitrogens is 1. The molecule has 0 spiro atoms. The summed E-state index contributed by atoms with van der Waals surface area (Å²) < 4.78 is 5.70. The van der Waals surface area contributed by atoms with Crippen molar-refractivity contribution in [3.8, 4) is 5.75 Å². The monoisotopic (exact) mass is 365 g/mol. The lowest BCUT2D eigenvalue weighted by Crippen LogP contribution is -2.28. The number of hydrogen-bond acceptors (Lipinski definition) is 3. The fraction of sp³-hybridized carbons (Fsp3) is 0.318. The third-order valence-electron chi connectivity index (χ3n) is 4.70. The van der Waals surface area contributed by atoms with E-state index >= 15 is 0 Å². The van der Waals surface area contributed by atoms with Crippen LogP contribution in [0.2, 0.25) is 0 Å². The van der Waals surface area contributed by atoms with Crippen LogP contribution in [0.25, 0.3) is 10.9 Å². The number of carbonyl (C=O) groups excluding carboxylic acids is 1. The van der Waals surface area contributed by atoms with Gasteiger partial charge in [-0.15, -0.1) is 0 Å². The van der Waals surface area contributed by atoms with E-state index in [1.807, 2.05) is 24.3 Å². The second kappa shape index (κ2) is 8.73. The molecule has 0 aliphatic heterocycles. The van der Waals surface area contributed by atoms with Crippen molar-refractivity contribution in [3.05, 3.63) is 65.4 Å². The fourth-order valence-electron chi connectivity index (χ4n) is 3.15. The van der Waals surface area contributed by atoms with Crippen LogP contribution in [0.15, 0.2) is 48.7 Å². The average Bonchev–Trinajstić information content (AvgIpc) is 3.08. The lowest BCUT2D eigenvalue weighted by molar-refractivity contribution is -0.130. The number of amides is 1. The number of hydrogen-bond donors (Lipinski definition) is 2. The molecule has 142 valence electrons. The molecular formula is C22H27N3O2. The summed E-state index contributed by atoms with van der Waals surface area (Å²) in [6.07, 6.45) is 3.05. The molecule has 0 atom stereocenters. The number of fused-ring (bicyclic) bond motifs is 1. The second-order valence-electron chi connectivity index (χ2n) is 6.92. The smallest absolute Gasteiger partial charge is 0.259 e. The number of aryl methyl sites for hydroxylation is 1. The van der Waals surface area contributed by atoms with E-state index in [2.05, 4.69) is 41.6 Å². The summed E-state index contributed by atoms with van der Waals surface area (Å²) in [5, 5.41) is 4.81. The molecule has 27 heavy (non-hydrogen) atoms. The Bertz CT molecular complexity index is 915. The first-order valence-electron chi connectivity index (χ1n) is 9.23. The third-order valence-corrected chi connectivity index (χ3v) is 4.70. The number of nitrogens with one attached hydrogen (secondary N) is 2. The Balaban J connectivity index is 1.55. The summed E-state index contributed by atoms with van der Waals surface area (Å²) >= 11 is 0. The van der Waals surface area contributed by atoms with Gasteiger partial charge in [0.1, 0.15) is 5.75 Å². The lowest BCUT2D eigenvalue weighted by Gasteiger charge is -2.14. The molecule has 0 radical (unpaired) electrons. The van der Waals surface area contributed by atoms with Gasteiger partial charge in [-0.3, -0.25) is 4.79 Å². The van der Waals surface area contributed by atoms with Crippen molar-refractivity contribution >= 4 is 16.8 Å². The summed E-state index contributed by atoms with van der Waals surface area (Å²) in [5.41, 5.74) is 4.87. The summed E-state index contributed by atoms with van der Waals surface area (Å²) in [4.78, 5) is 16.6. The molecule has 1 heterocycles. The highest BCUT2D eigenvalue weighted by atomic mass is 16.5. The van der Waals surface area contributed by atoms with E-state index in [0.717, 1.165) is 24.3 Å². The number of likely N-dealkylation sites (N-methyl/N-ethyl adjacent to an activating group) is 1. The number of nitrogens with zero attached hydrogens (tertiary/aromatic N) is 1. The summed E-state index contributed by atoms with van der Waals surface area (Å²) in [7, 11) is 3.46. The van der Waals surface area contributed by atoms with Crippen LogP contribution in [0, 0.1) is 6.92 Å². The average molecular weight is 365 g/mol. The second-order valence-corrected chi connectivity index (χ2v) is 6.92. The maximum Gasteiger partial charge on any atom is 0.259 e. The SMILES string of the molecule is Cc1cccc2[nH]cc(CCNCc3ccccc3OCC(=O)N(C)C)c12. The normalized spacial score (nSPS) is 10.9. The van der Waals surface area contributed by atoms with E-state index < -0.39 is 0 Å². The maximum absolute atomic E-state index is 11.7. The minimum absolute atomic E-state index is 0.0486. The number of rotatable bonds is 8. The Morgan fingerprint density at radius 2 is 1.93 bits per heavy atom. The zero-order valence-corrected chi connectivity index (χ0v) is 16.2. The van der Waals surface area contributed by atoms with Gasteiger partial charge in [-0.05, 0) is 43.1 Å². The van der Waals surface area contributed by atoms with Gasteiger partial charge >= 0.3 is 0 Å². The molecular weight excluding hydrogens is 338 g/mol. The molecule has 1 amide bonds. The first-order valence-corrected chi connectivity index (χ1v) is 9.23. The molecule has 5 nitrogen and oxygen atoms in total. The van der Waals surface area contributed by atoms with Crippen LogP contribution in [0.1, 0.15) is 16.7 Å². The zero-order valence-electron chi connectivity index (χ0n) is 16.2. The largest absolute Gasteiger partial charge is 0.483 e. The molecule has 0 fully saturated rings. The number of carbonyl (C=O) groups is 1. The van der Waals surface area contributed by atoms with Gasteiger partial charge in [0.05, 0.1) is 0 Å².